The molecule has 0 spiro atoms. The molecule has 0 aliphatic heterocycles. The van der Waals surface area contributed by atoms with Crippen LogP contribution in [0.1, 0.15) is 19.8 Å². The number of anilines is 2. The number of hydrogen-bond donors (Lipinski definition) is 1. The minimum atomic E-state index is 0.777. The molecule has 118 valence electrons. The zero-order valence-corrected chi connectivity index (χ0v) is 13.6. The third-order valence-corrected chi connectivity index (χ3v) is 3.60. The van der Waals surface area contributed by atoms with Gasteiger partial charge in [-0.15, -0.1) is 0 Å². The molecule has 0 saturated heterocycles. The van der Waals surface area contributed by atoms with E-state index in [1.807, 2.05) is 24.3 Å². The minimum Gasteiger partial charge on any atom is -0.491 e. The van der Waals surface area contributed by atoms with Crippen molar-refractivity contribution >= 4 is 11.4 Å². The quantitative estimate of drug-likeness (QED) is 0.694. The van der Waals surface area contributed by atoms with Crippen LogP contribution in [0.4, 0.5) is 11.4 Å². The van der Waals surface area contributed by atoms with Crippen molar-refractivity contribution in [1.29, 1.82) is 0 Å². The molecule has 2 aromatic carbocycles. The Morgan fingerprint density at radius 1 is 1.00 bits per heavy atom. The van der Waals surface area contributed by atoms with E-state index in [9.17, 15) is 0 Å². The van der Waals surface area contributed by atoms with Crippen molar-refractivity contribution in [1.82, 2.24) is 0 Å². The van der Waals surface area contributed by atoms with Gasteiger partial charge in [-0.05, 0) is 30.7 Å². The fourth-order valence-corrected chi connectivity index (χ4v) is 2.23. The largest absolute Gasteiger partial charge is 0.491 e. The topological polar surface area (TPSA) is 24.5 Å². The molecule has 0 amide bonds. The SMILES string of the molecule is CCCCOc1ccccc1NCCN(C)c1ccccc1. The predicted molar refractivity (Wildman–Crippen MR) is 95.0 cm³/mol. The highest BCUT2D eigenvalue weighted by Crippen LogP contribution is 2.23. The Labute approximate surface area is 133 Å². The summed E-state index contributed by atoms with van der Waals surface area (Å²) in [4.78, 5) is 2.24. The normalized spacial score (nSPS) is 10.3. The molecule has 0 fully saturated rings. The van der Waals surface area contributed by atoms with Crippen molar-refractivity contribution < 1.29 is 4.74 Å². The van der Waals surface area contributed by atoms with Crippen LogP contribution in [-0.4, -0.2) is 26.7 Å². The van der Waals surface area contributed by atoms with Gasteiger partial charge in [-0.2, -0.15) is 0 Å². The molecular weight excluding hydrogens is 272 g/mol. The van der Waals surface area contributed by atoms with Gasteiger partial charge in [0.25, 0.3) is 0 Å². The van der Waals surface area contributed by atoms with Gasteiger partial charge in [0.05, 0.1) is 12.3 Å². The number of ether oxygens (including phenoxy) is 1. The molecule has 1 N–H and O–H groups in total. The van der Waals surface area contributed by atoms with Gasteiger partial charge in [0.2, 0.25) is 0 Å². The molecule has 2 rings (SSSR count). The fraction of sp³-hybridized carbons (Fsp3) is 0.368. The maximum Gasteiger partial charge on any atom is 0.142 e. The van der Waals surface area contributed by atoms with Crippen LogP contribution in [0.15, 0.2) is 54.6 Å². The van der Waals surface area contributed by atoms with Crippen molar-refractivity contribution in [3.8, 4) is 5.75 Å². The lowest BCUT2D eigenvalue weighted by atomic mass is 10.2. The number of benzene rings is 2. The first kappa shape index (κ1) is 16.2. The number of rotatable bonds is 9. The summed E-state index contributed by atoms with van der Waals surface area (Å²) < 4.78 is 5.84. The number of nitrogens with zero attached hydrogens (tertiary/aromatic N) is 1. The van der Waals surface area contributed by atoms with Crippen LogP contribution in [0.2, 0.25) is 0 Å². The van der Waals surface area contributed by atoms with Crippen molar-refractivity contribution in [3.05, 3.63) is 54.6 Å². The molecule has 3 nitrogen and oxygen atoms in total. The summed E-state index contributed by atoms with van der Waals surface area (Å²) in [7, 11) is 2.11. The third-order valence-electron chi connectivity index (χ3n) is 3.60. The molecular formula is C19H26N2O. The van der Waals surface area contributed by atoms with Gasteiger partial charge in [0.15, 0.2) is 0 Å². The maximum absolute atomic E-state index is 5.84. The van der Waals surface area contributed by atoms with Crippen molar-refractivity contribution in [2.75, 3.05) is 37.0 Å². The van der Waals surface area contributed by atoms with Crippen LogP contribution in [0.3, 0.4) is 0 Å². The summed E-state index contributed by atoms with van der Waals surface area (Å²) >= 11 is 0. The van der Waals surface area contributed by atoms with Gasteiger partial charge in [0.1, 0.15) is 5.75 Å². The molecule has 0 aliphatic rings. The molecule has 0 saturated carbocycles. The third kappa shape index (κ3) is 4.99. The second-order valence-electron chi connectivity index (χ2n) is 5.38. The smallest absolute Gasteiger partial charge is 0.142 e. The molecule has 0 aromatic heterocycles. The summed E-state index contributed by atoms with van der Waals surface area (Å²) in [6.45, 7) is 4.76. The fourth-order valence-electron chi connectivity index (χ4n) is 2.23. The second kappa shape index (κ2) is 8.98. The van der Waals surface area contributed by atoms with Crippen LogP contribution in [0, 0.1) is 0 Å². The first-order chi connectivity index (χ1) is 10.8. The highest BCUT2D eigenvalue weighted by molar-refractivity contribution is 5.56. The standard InChI is InChI=1S/C19H26N2O/c1-3-4-16-22-19-13-9-8-12-18(19)20-14-15-21(2)17-10-6-5-7-11-17/h5-13,20H,3-4,14-16H2,1-2H3. The first-order valence-corrected chi connectivity index (χ1v) is 8.03. The van der Waals surface area contributed by atoms with Gasteiger partial charge in [-0.25, -0.2) is 0 Å². The molecule has 3 heteroatoms. The Morgan fingerprint density at radius 3 is 2.50 bits per heavy atom. The van der Waals surface area contributed by atoms with Crippen molar-refractivity contribution in [2.45, 2.75) is 19.8 Å². The Bertz CT molecular complexity index is 542. The van der Waals surface area contributed by atoms with Crippen molar-refractivity contribution in [2.24, 2.45) is 0 Å². The molecule has 0 unspecified atom stereocenters. The van der Waals surface area contributed by atoms with Gasteiger partial charge >= 0.3 is 0 Å². The summed E-state index contributed by atoms with van der Waals surface area (Å²) in [6, 6.07) is 18.6. The monoisotopic (exact) mass is 298 g/mol. The first-order valence-electron chi connectivity index (χ1n) is 8.03. The zero-order chi connectivity index (χ0) is 15.6. The van der Waals surface area contributed by atoms with Crippen LogP contribution in [0.25, 0.3) is 0 Å². The molecule has 0 radical (unpaired) electrons. The number of para-hydroxylation sites is 3. The van der Waals surface area contributed by atoms with Gasteiger partial charge < -0.3 is 15.0 Å². The molecule has 0 atom stereocenters. The lowest BCUT2D eigenvalue weighted by molar-refractivity contribution is 0.310. The van der Waals surface area contributed by atoms with E-state index >= 15 is 0 Å². The zero-order valence-electron chi connectivity index (χ0n) is 13.6. The van der Waals surface area contributed by atoms with Crippen LogP contribution >= 0.6 is 0 Å². The molecule has 0 bridgehead atoms. The van der Waals surface area contributed by atoms with Gasteiger partial charge in [-0.3, -0.25) is 0 Å². The van der Waals surface area contributed by atoms with Crippen molar-refractivity contribution in [3.63, 3.8) is 0 Å². The Hall–Kier alpha value is -2.16. The Kier molecular flexibility index (Phi) is 6.62. The molecule has 0 aliphatic carbocycles. The van der Waals surface area contributed by atoms with E-state index in [1.165, 1.54) is 5.69 Å². The molecule has 2 aromatic rings. The second-order valence-corrected chi connectivity index (χ2v) is 5.38. The highest BCUT2D eigenvalue weighted by Gasteiger charge is 2.03. The predicted octanol–water partition coefficient (Wildman–Crippen LogP) is 4.41. The number of nitrogens with one attached hydrogen (secondary N) is 1. The van der Waals surface area contributed by atoms with E-state index in [-0.39, 0.29) is 0 Å². The number of hydrogen-bond acceptors (Lipinski definition) is 3. The van der Waals surface area contributed by atoms with E-state index in [1.54, 1.807) is 0 Å². The van der Waals surface area contributed by atoms with Gasteiger partial charge in [-0.1, -0.05) is 43.7 Å². The van der Waals surface area contributed by atoms with E-state index < -0.39 is 0 Å². The highest BCUT2D eigenvalue weighted by atomic mass is 16.5. The van der Waals surface area contributed by atoms with E-state index in [2.05, 4.69) is 54.5 Å². The Balaban J connectivity index is 1.83. The number of unbranched alkanes of at least 4 members (excludes halogenated alkanes) is 1. The van der Waals surface area contributed by atoms with E-state index in [0.29, 0.717) is 0 Å². The van der Waals surface area contributed by atoms with Crippen LogP contribution < -0.4 is 15.0 Å². The Morgan fingerprint density at radius 2 is 1.73 bits per heavy atom. The lowest BCUT2D eigenvalue weighted by Gasteiger charge is -2.20. The van der Waals surface area contributed by atoms with Crippen LogP contribution in [0.5, 0.6) is 5.75 Å². The van der Waals surface area contributed by atoms with E-state index in [0.717, 1.165) is 44.0 Å². The summed E-state index contributed by atoms with van der Waals surface area (Å²) in [5, 5.41) is 3.47. The van der Waals surface area contributed by atoms with Gasteiger partial charge in [0, 0.05) is 25.8 Å². The molecule has 22 heavy (non-hydrogen) atoms. The van der Waals surface area contributed by atoms with Crippen LogP contribution in [-0.2, 0) is 0 Å². The average molecular weight is 298 g/mol. The average Bonchev–Trinajstić information content (AvgIpc) is 2.57. The maximum atomic E-state index is 5.84. The summed E-state index contributed by atoms with van der Waals surface area (Å²) in [5.74, 6) is 0.943. The van der Waals surface area contributed by atoms with E-state index in [4.69, 9.17) is 4.74 Å². The molecule has 0 heterocycles. The lowest BCUT2D eigenvalue weighted by Crippen LogP contribution is -2.24. The number of likely N-dealkylation sites (N-methyl/N-ethyl adjacent to an activating group) is 1. The summed E-state index contributed by atoms with van der Waals surface area (Å²) in [6.07, 6.45) is 2.24. The minimum absolute atomic E-state index is 0.777. The summed E-state index contributed by atoms with van der Waals surface area (Å²) in [5.41, 5.74) is 2.30.